The van der Waals surface area contributed by atoms with Gasteiger partial charge in [0.2, 0.25) is 0 Å². The van der Waals surface area contributed by atoms with E-state index in [1.807, 2.05) is 0 Å². The van der Waals surface area contributed by atoms with Gasteiger partial charge >= 0.3 is 14.2 Å². The Kier molecular flexibility index (Phi) is 6.24. The number of hydrogen-bond donors (Lipinski definition) is 0. The van der Waals surface area contributed by atoms with E-state index in [1.165, 1.54) is 22.3 Å². The molecule has 202 valence electrons. The van der Waals surface area contributed by atoms with Crippen LogP contribution < -0.4 is 10.9 Å². The minimum Gasteiger partial charge on any atom is -0.399 e. The van der Waals surface area contributed by atoms with Gasteiger partial charge in [-0.3, -0.25) is 0 Å². The van der Waals surface area contributed by atoms with Crippen LogP contribution >= 0.6 is 0 Å². The Morgan fingerprint density at radius 1 is 0.487 bits per heavy atom. The van der Waals surface area contributed by atoms with Crippen LogP contribution in [0.2, 0.25) is 0 Å². The maximum absolute atomic E-state index is 6.28. The van der Waals surface area contributed by atoms with Crippen LogP contribution in [0.4, 0.5) is 0 Å². The Bertz CT molecular complexity index is 1220. The second-order valence-corrected chi connectivity index (χ2v) is 13.5. The highest BCUT2D eigenvalue weighted by Gasteiger charge is 2.52. The first kappa shape index (κ1) is 26.8. The van der Waals surface area contributed by atoms with E-state index >= 15 is 0 Å². The minimum atomic E-state index is -0.341. The van der Waals surface area contributed by atoms with Crippen molar-refractivity contribution >= 4 is 25.2 Å². The van der Waals surface area contributed by atoms with Crippen LogP contribution in [0.1, 0.15) is 95.9 Å². The molecule has 6 heteroatoms. The third-order valence-electron chi connectivity index (χ3n) is 9.95. The highest BCUT2D eigenvalue weighted by atomic mass is 16.7. The maximum Gasteiger partial charge on any atom is 0.494 e. The predicted molar refractivity (Wildman–Crippen MR) is 159 cm³/mol. The van der Waals surface area contributed by atoms with Gasteiger partial charge in [0.05, 0.1) is 22.4 Å². The zero-order chi connectivity index (χ0) is 27.8. The van der Waals surface area contributed by atoms with Gasteiger partial charge in [-0.15, -0.1) is 0 Å². The fourth-order valence-corrected chi connectivity index (χ4v) is 6.00. The highest BCUT2D eigenvalue weighted by Crippen LogP contribution is 2.48. The van der Waals surface area contributed by atoms with Gasteiger partial charge in [0, 0.05) is 11.8 Å². The Morgan fingerprint density at radius 3 is 1.10 bits per heavy atom. The largest absolute Gasteiger partial charge is 0.494 e. The summed E-state index contributed by atoms with van der Waals surface area (Å²) in [6.07, 6.45) is 1.05. The van der Waals surface area contributed by atoms with Crippen molar-refractivity contribution in [2.24, 2.45) is 0 Å². The molecule has 3 aliphatic rings. The van der Waals surface area contributed by atoms with E-state index in [0.29, 0.717) is 11.8 Å². The number of hydrogen-bond acceptors (Lipinski definition) is 4. The van der Waals surface area contributed by atoms with Gasteiger partial charge in [0.25, 0.3) is 0 Å². The van der Waals surface area contributed by atoms with Crippen LogP contribution in [0.15, 0.2) is 72.8 Å². The first-order valence-corrected chi connectivity index (χ1v) is 14.3. The Balaban J connectivity index is 1.22. The molecule has 3 aromatic rings. The van der Waals surface area contributed by atoms with E-state index in [0.717, 1.165) is 17.3 Å². The van der Waals surface area contributed by atoms with Crippen LogP contribution in [-0.2, 0) is 18.6 Å². The summed E-state index contributed by atoms with van der Waals surface area (Å²) >= 11 is 0. The summed E-state index contributed by atoms with van der Waals surface area (Å²) in [4.78, 5) is 0. The van der Waals surface area contributed by atoms with E-state index in [9.17, 15) is 0 Å². The lowest BCUT2D eigenvalue weighted by Gasteiger charge is -2.32. The molecule has 0 radical (unpaired) electrons. The SMILES string of the molecule is CC1(C)OB(c2ccc(C3CC(c4ccc(B5OC(C)(C)C(C)(C)O5)cc4)c4ccccc43)cc2)OC1(C)C. The lowest BCUT2D eigenvalue weighted by Crippen LogP contribution is -2.41. The van der Waals surface area contributed by atoms with Crippen LogP contribution in [0.25, 0.3) is 0 Å². The summed E-state index contributed by atoms with van der Waals surface area (Å²) < 4.78 is 25.1. The summed E-state index contributed by atoms with van der Waals surface area (Å²) in [5, 5.41) is 0. The summed E-state index contributed by atoms with van der Waals surface area (Å²) in [6.45, 7) is 16.8. The van der Waals surface area contributed by atoms with Gasteiger partial charge in [-0.2, -0.15) is 0 Å². The molecule has 3 aromatic carbocycles. The molecule has 0 spiro atoms. The van der Waals surface area contributed by atoms with Crippen LogP contribution in [0, 0.1) is 0 Å². The van der Waals surface area contributed by atoms with Crippen molar-refractivity contribution in [2.45, 2.75) is 96.1 Å². The number of rotatable bonds is 4. The lowest BCUT2D eigenvalue weighted by molar-refractivity contribution is 0.00578. The number of fused-ring (bicyclic) bond motifs is 1. The molecule has 2 aliphatic heterocycles. The first-order chi connectivity index (χ1) is 18.3. The topological polar surface area (TPSA) is 36.9 Å². The van der Waals surface area contributed by atoms with Gasteiger partial charge in [-0.1, -0.05) is 72.8 Å². The fourth-order valence-electron chi connectivity index (χ4n) is 6.00. The highest BCUT2D eigenvalue weighted by molar-refractivity contribution is 6.62. The van der Waals surface area contributed by atoms with Gasteiger partial charge in [0.1, 0.15) is 0 Å². The van der Waals surface area contributed by atoms with Gasteiger partial charge in [-0.05, 0) is 95.0 Å². The predicted octanol–water partition coefficient (Wildman–Crippen LogP) is 5.95. The molecule has 2 atom stereocenters. The normalized spacial score (nSPS) is 26.2. The van der Waals surface area contributed by atoms with Crippen molar-refractivity contribution in [3.05, 3.63) is 95.1 Å². The molecule has 0 aromatic heterocycles. The molecule has 2 fully saturated rings. The smallest absolute Gasteiger partial charge is 0.399 e. The van der Waals surface area contributed by atoms with Crippen molar-refractivity contribution in [3.8, 4) is 0 Å². The van der Waals surface area contributed by atoms with Gasteiger partial charge in [0.15, 0.2) is 0 Å². The van der Waals surface area contributed by atoms with E-state index < -0.39 is 0 Å². The molecular weight excluding hydrogens is 482 g/mol. The molecule has 2 heterocycles. The maximum atomic E-state index is 6.28. The third-order valence-corrected chi connectivity index (χ3v) is 9.95. The molecule has 0 amide bonds. The zero-order valence-corrected chi connectivity index (χ0v) is 24.6. The Labute approximate surface area is 234 Å². The standard InChI is InChI=1S/C33H40B2O4/c1-30(2)31(3,4)37-34(36-30)24-17-13-22(14-18-24)28-21-29(27-12-10-9-11-26(27)28)23-15-19-25(20-16-23)35-38-32(5,6)33(7,8)39-35/h9-20,28-29H,21H2,1-8H3. The third kappa shape index (κ3) is 4.50. The van der Waals surface area contributed by atoms with E-state index in [2.05, 4.69) is 128 Å². The summed E-state index contributed by atoms with van der Waals surface area (Å²) in [5.74, 6) is 0.697. The number of benzene rings is 3. The summed E-state index contributed by atoms with van der Waals surface area (Å²) in [7, 11) is -0.676. The van der Waals surface area contributed by atoms with Crippen LogP contribution in [-0.4, -0.2) is 36.6 Å². The van der Waals surface area contributed by atoms with E-state index in [-0.39, 0.29) is 36.6 Å². The quantitative estimate of drug-likeness (QED) is 0.397. The summed E-state index contributed by atoms with van der Waals surface area (Å²) in [5.41, 5.74) is 6.27. The molecule has 0 bridgehead atoms. The molecule has 2 unspecified atom stereocenters. The van der Waals surface area contributed by atoms with Crippen molar-refractivity contribution in [2.75, 3.05) is 0 Å². The zero-order valence-electron chi connectivity index (χ0n) is 24.6. The Hall–Kier alpha value is -2.37. The average molecular weight is 522 g/mol. The van der Waals surface area contributed by atoms with Crippen LogP contribution in [0.5, 0.6) is 0 Å². The average Bonchev–Trinajstić information content (AvgIpc) is 3.45. The van der Waals surface area contributed by atoms with Crippen molar-refractivity contribution in [1.82, 2.24) is 0 Å². The second-order valence-electron chi connectivity index (χ2n) is 13.5. The second kappa shape index (κ2) is 9.07. The summed E-state index contributed by atoms with van der Waals surface area (Å²) in [6, 6.07) is 26.6. The van der Waals surface area contributed by atoms with E-state index in [4.69, 9.17) is 18.6 Å². The molecule has 39 heavy (non-hydrogen) atoms. The fraction of sp³-hybridized carbons (Fsp3) is 0.455. The molecule has 4 nitrogen and oxygen atoms in total. The van der Waals surface area contributed by atoms with Crippen molar-refractivity contribution in [3.63, 3.8) is 0 Å². The van der Waals surface area contributed by atoms with Crippen LogP contribution in [0.3, 0.4) is 0 Å². The van der Waals surface area contributed by atoms with Gasteiger partial charge < -0.3 is 18.6 Å². The van der Waals surface area contributed by atoms with Crippen molar-refractivity contribution in [1.29, 1.82) is 0 Å². The molecular formula is C33H40B2O4. The van der Waals surface area contributed by atoms with E-state index in [1.54, 1.807) is 0 Å². The molecule has 1 aliphatic carbocycles. The lowest BCUT2D eigenvalue weighted by atomic mass is 9.77. The first-order valence-electron chi connectivity index (χ1n) is 14.3. The Morgan fingerprint density at radius 2 is 0.795 bits per heavy atom. The van der Waals surface area contributed by atoms with Crippen molar-refractivity contribution < 1.29 is 18.6 Å². The molecule has 0 saturated carbocycles. The molecule has 0 N–H and O–H groups in total. The molecule has 6 rings (SSSR count). The molecule has 2 saturated heterocycles. The van der Waals surface area contributed by atoms with Gasteiger partial charge in [-0.25, -0.2) is 0 Å². The minimum absolute atomic E-state index is 0.338. The monoisotopic (exact) mass is 522 g/mol.